The summed E-state index contributed by atoms with van der Waals surface area (Å²) >= 11 is 0. The number of hydrogen-bond donors (Lipinski definition) is 0. The third-order valence-corrected chi connectivity index (χ3v) is 3.01. The molecule has 0 saturated heterocycles. The van der Waals surface area contributed by atoms with Crippen molar-refractivity contribution in [3.05, 3.63) is 29.8 Å². The molecule has 0 atom stereocenters. The number of benzene rings is 1. The molecule has 0 amide bonds. The van der Waals surface area contributed by atoms with E-state index in [1.807, 2.05) is 6.92 Å². The minimum Gasteiger partial charge on any atom is -0.494 e. The van der Waals surface area contributed by atoms with Crippen molar-refractivity contribution in [3.8, 4) is 5.75 Å². The molecule has 1 fully saturated rings. The van der Waals surface area contributed by atoms with Crippen LogP contribution in [0.2, 0.25) is 0 Å². The van der Waals surface area contributed by atoms with E-state index in [0.29, 0.717) is 0 Å². The topological polar surface area (TPSA) is 9.23 Å². The molecular weight excluding hydrogens is 172 g/mol. The molecule has 1 aromatic carbocycles. The predicted molar refractivity (Wildman–Crippen MR) is 58.8 cm³/mol. The fourth-order valence-electron chi connectivity index (χ4n) is 2.34. The maximum absolute atomic E-state index is 5.65. The molecule has 76 valence electrons. The number of hydrogen-bond acceptors (Lipinski definition) is 1. The SMILES string of the molecule is CCOc1ccccc1C1CCCC1. The first-order chi connectivity index (χ1) is 6.92. The molecule has 1 heteroatoms. The van der Waals surface area contributed by atoms with E-state index in [2.05, 4.69) is 24.3 Å². The minimum atomic E-state index is 0.748. The van der Waals surface area contributed by atoms with Gasteiger partial charge >= 0.3 is 0 Å². The van der Waals surface area contributed by atoms with Gasteiger partial charge in [-0.05, 0) is 37.3 Å². The molecule has 0 N–H and O–H groups in total. The van der Waals surface area contributed by atoms with Gasteiger partial charge < -0.3 is 4.74 Å². The molecule has 1 aromatic rings. The van der Waals surface area contributed by atoms with E-state index in [0.717, 1.165) is 18.3 Å². The van der Waals surface area contributed by atoms with E-state index < -0.39 is 0 Å². The monoisotopic (exact) mass is 190 g/mol. The van der Waals surface area contributed by atoms with E-state index in [1.54, 1.807) is 0 Å². The van der Waals surface area contributed by atoms with Crippen LogP contribution in [0.5, 0.6) is 5.75 Å². The van der Waals surface area contributed by atoms with Crippen molar-refractivity contribution in [1.82, 2.24) is 0 Å². The Labute approximate surface area is 86.1 Å². The fraction of sp³-hybridized carbons (Fsp3) is 0.538. The lowest BCUT2D eigenvalue weighted by atomic mass is 9.97. The third kappa shape index (κ3) is 1.92. The van der Waals surface area contributed by atoms with E-state index in [4.69, 9.17) is 4.74 Å². The smallest absolute Gasteiger partial charge is 0.122 e. The van der Waals surface area contributed by atoms with Crippen molar-refractivity contribution < 1.29 is 4.74 Å². The Morgan fingerprint density at radius 2 is 1.93 bits per heavy atom. The molecule has 2 rings (SSSR count). The Morgan fingerprint density at radius 1 is 1.21 bits per heavy atom. The van der Waals surface area contributed by atoms with Gasteiger partial charge in [-0.1, -0.05) is 31.0 Å². The van der Waals surface area contributed by atoms with Crippen molar-refractivity contribution >= 4 is 0 Å². The molecule has 0 radical (unpaired) electrons. The second-order valence-electron chi connectivity index (χ2n) is 3.95. The van der Waals surface area contributed by atoms with Gasteiger partial charge in [-0.15, -0.1) is 0 Å². The molecule has 0 heterocycles. The van der Waals surface area contributed by atoms with Gasteiger partial charge in [0.2, 0.25) is 0 Å². The summed E-state index contributed by atoms with van der Waals surface area (Å²) in [6, 6.07) is 8.50. The van der Waals surface area contributed by atoms with Gasteiger partial charge in [-0.3, -0.25) is 0 Å². The van der Waals surface area contributed by atoms with Crippen LogP contribution in [0, 0.1) is 0 Å². The summed E-state index contributed by atoms with van der Waals surface area (Å²) in [5.41, 5.74) is 1.42. The molecule has 0 unspecified atom stereocenters. The first-order valence-electron chi connectivity index (χ1n) is 5.63. The Kier molecular flexibility index (Phi) is 3.07. The van der Waals surface area contributed by atoms with E-state index in [1.165, 1.54) is 31.2 Å². The summed E-state index contributed by atoms with van der Waals surface area (Å²) in [5.74, 6) is 1.85. The van der Waals surface area contributed by atoms with Gasteiger partial charge in [0.25, 0.3) is 0 Å². The van der Waals surface area contributed by atoms with Crippen molar-refractivity contribution in [2.45, 2.75) is 38.5 Å². The zero-order valence-corrected chi connectivity index (χ0v) is 8.83. The van der Waals surface area contributed by atoms with Crippen LogP contribution < -0.4 is 4.74 Å². The molecule has 0 bridgehead atoms. The standard InChI is InChI=1S/C13H18O/c1-2-14-13-10-6-5-9-12(13)11-7-3-4-8-11/h5-6,9-11H,2-4,7-8H2,1H3. The molecule has 0 aliphatic heterocycles. The van der Waals surface area contributed by atoms with E-state index >= 15 is 0 Å². The van der Waals surface area contributed by atoms with E-state index in [-0.39, 0.29) is 0 Å². The number of ether oxygens (including phenoxy) is 1. The zero-order valence-electron chi connectivity index (χ0n) is 8.83. The summed E-state index contributed by atoms with van der Waals surface area (Å²) in [7, 11) is 0. The largest absolute Gasteiger partial charge is 0.494 e. The Balaban J connectivity index is 2.21. The minimum absolute atomic E-state index is 0.748. The fourth-order valence-corrected chi connectivity index (χ4v) is 2.34. The highest BCUT2D eigenvalue weighted by Crippen LogP contribution is 2.38. The molecule has 1 aliphatic rings. The lowest BCUT2D eigenvalue weighted by molar-refractivity contribution is 0.334. The van der Waals surface area contributed by atoms with Gasteiger partial charge in [0.05, 0.1) is 6.61 Å². The van der Waals surface area contributed by atoms with E-state index in [9.17, 15) is 0 Å². The van der Waals surface area contributed by atoms with Crippen LogP contribution in [-0.2, 0) is 0 Å². The third-order valence-electron chi connectivity index (χ3n) is 3.01. The number of rotatable bonds is 3. The van der Waals surface area contributed by atoms with Gasteiger partial charge in [-0.25, -0.2) is 0 Å². The zero-order chi connectivity index (χ0) is 9.80. The molecule has 1 saturated carbocycles. The number of para-hydroxylation sites is 1. The average molecular weight is 190 g/mol. The van der Waals surface area contributed by atoms with Crippen LogP contribution in [0.15, 0.2) is 24.3 Å². The highest BCUT2D eigenvalue weighted by molar-refractivity contribution is 5.36. The predicted octanol–water partition coefficient (Wildman–Crippen LogP) is 3.74. The van der Waals surface area contributed by atoms with Gasteiger partial charge in [0.15, 0.2) is 0 Å². The second-order valence-corrected chi connectivity index (χ2v) is 3.95. The average Bonchev–Trinajstić information content (AvgIpc) is 2.72. The Bertz CT molecular complexity index is 287. The van der Waals surface area contributed by atoms with Crippen LogP contribution in [0.4, 0.5) is 0 Å². The lowest BCUT2D eigenvalue weighted by Crippen LogP contribution is -1.99. The summed E-state index contributed by atoms with van der Waals surface area (Å²) in [6.07, 6.45) is 5.43. The van der Waals surface area contributed by atoms with Gasteiger partial charge in [-0.2, -0.15) is 0 Å². The van der Waals surface area contributed by atoms with Gasteiger partial charge in [0.1, 0.15) is 5.75 Å². The van der Waals surface area contributed by atoms with Crippen molar-refractivity contribution in [1.29, 1.82) is 0 Å². The Hall–Kier alpha value is -0.980. The maximum atomic E-state index is 5.65. The normalized spacial score (nSPS) is 17.2. The molecule has 1 nitrogen and oxygen atoms in total. The van der Waals surface area contributed by atoms with Crippen LogP contribution >= 0.6 is 0 Å². The molecule has 14 heavy (non-hydrogen) atoms. The van der Waals surface area contributed by atoms with Crippen molar-refractivity contribution in [3.63, 3.8) is 0 Å². The first-order valence-corrected chi connectivity index (χ1v) is 5.63. The summed E-state index contributed by atoms with van der Waals surface area (Å²) in [5, 5.41) is 0. The van der Waals surface area contributed by atoms with Crippen LogP contribution in [0.1, 0.15) is 44.1 Å². The maximum Gasteiger partial charge on any atom is 0.122 e. The van der Waals surface area contributed by atoms with Gasteiger partial charge in [0, 0.05) is 0 Å². The lowest BCUT2D eigenvalue weighted by Gasteiger charge is -2.14. The summed E-state index contributed by atoms with van der Waals surface area (Å²) in [6.45, 7) is 2.81. The van der Waals surface area contributed by atoms with Crippen LogP contribution in [-0.4, -0.2) is 6.61 Å². The second kappa shape index (κ2) is 4.50. The van der Waals surface area contributed by atoms with Crippen molar-refractivity contribution in [2.75, 3.05) is 6.61 Å². The highest BCUT2D eigenvalue weighted by atomic mass is 16.5. The Morgan fingerprint density at radius 3 is 2.64 bits per heavy atom. The van der Waals surface area contributed by atoms with Crippen LogP contribution in [0.25, 0.3) is 0 Å². The van der Waals surface area contributed by atoms with Crippen LogP contribution in [0.3, 0.4) is 0 Å². The quantitative estimate of drug-likeness (QED) is 0.705. The molecule has 0 spiro atoms. The summed E-state index contributed by atoms with van der Waals surface area (Å²) in [4.78, 5) is 0. The highest BCUT2D eigenvalue weighted by Gasteiger charge is 2.19. The molecule has 1 aliphatic carbocycles. The molecular formula is C13H18O. The first kappa shape index (κ1) is 9.57. The van der Waals surface area contributed by atoms with Crippen molar-refractivity contribution in [2.24, 2.45) is 0 Å². The molecule has 0 aromatic heterocycles. The summed E-state index contributed by atoms with van der Waals surface area (Å²) < 4.78 is 5.65.